The summed E-state index contributed by atoms with van der Waals surface area (Å²) in [4.78, 5) is 0. The zero-order valence-corrected chi connectivity index (χ0v) is 8.96. The zero-order valence-electron chi connectivity index (χ0n) is 7.32. The van der Waals surface area contributed by atoms with E-state index in [4.69, 9.17) is 17.4 Å². The molecule has 0 heterocycles. The van der Waals surface area contributed by atoms with Crippen LogP contribution < -0.4 is 0 Å². The summed E-state index contributed by atoms with van der Waals surface area (Å²) in [5.41, 5.74) is 0. The predicted octanol–water partition coefficient (Wildman–Crippen LogP) is 2.66. The first-order valence-electron chi connectivity index (χ1n) is 4.33. The van der Waals surface area contributed by atoms with Gasteiger partial charge in [-0.1, -0.05) is 43.2 Å². The fourth-order valence-electron chi connectivity index (χ4n) is 1.40. The standard InChI is InChI=1S/C8H15NOS2/c1-9(10)8(11)12-7-5-3-2-4-6-7/h7,10H,2-6H2,1H3. The van der Waals surface area contributed by atoms with Gasteiger partial charge in [0.15, 0.2) is 4.32 Å². The predicted molar refractivity (Wildman–Crippen MR) is 56.6 cm³/mol. The van der Waals surface area contributed by atoms with Crippen molar-refractivity contribution < 1.29 is 5.21 Å². The summed E-state index contributed by atoms with van der Waals surface area (Å²) in [6, 6.07) is 0. The number of rotatable bonds is 1. The van der Waals surface area contributed by atoms with Crippen molar-refractivity contribution in [3.63, 3.8) is 0 Å². The SMILES string of the molecule is CN(O)C(=S)SC1CCCCC1. The number of thioether (sulfide) groups is 1. The van der Waals surface area contributed by atoms with Crippen LogP contribution in [0.15, 0.2) is 0 Å². The smallest absolute Gasteiger partial charge is 0.159 e. The molecule has 2 nitrogen and oxygen atoms in total. The second-order valence-corrected chi connectivity index (χ2v) is 5.10. The summed E-state index contributed by atoms with van der Waals surface area (Å²) in [5.74, 6) is 0. The number of hydroxylamine groups is 2. The molecule has 12 heavy (non-hydrogen) atoms. The third-order valence-corrected chi connectivity index (χ3v) is 3.91. The Kier molecular flexibility index (Phi) is 4.32. The molecule has 0 atom stereocenters. The summed E-state index contributed by atoms with van der Waals surface area (Å²) < 4.78 is 0.599. The third kappa shape index (κ3) is 3.29. The van der Waals surface area contributed by atoms with Crippen molar-refractivity contribution in [2.24, 2.45) is 0 Å². The molecule has 1 aliphatic carbocycles. The van der Waals surface area contributed by atoms with Crippen LogP contribution >= 0.6 is 24.0 Å². The lowest BCUT2D eigenvalue weighted by Gasteiger charge is -2.22. The fraction of sp³-hybridized carbons (Fsp3) is 0.875. The minimum Gasteiger partial charge on any atom is -0.287 e. The topological polar surface area (TPSA) is 23.5 Å². The fourth-order valence-corrected chi connectivity index (χ4v) is 2.82. The van der Waals surface area contributed by atoms with Gasteiger partial charge in [0.25, 0.3) is 0 Å². The van der Waals surface area contributed by atoms with Gasteiger partial charge in [0.2, 0.25) is 0 Å². The first-order chi connectivity index (χ1) is 5.70. The van der Waals surface area contributed by atoms with Gasteiger partial charge in [-0.05, 0) is 12.8 Å². The van der Waals surface area contributed by atoms with Crippen molar-refractivity contribution in [1.82, 2.24) is 5.06 Å². The molecule has 0 radical (unpaired) electrons. The molecular weight excluding hydrogens is 190 g/mol. The normalized spacial score (nSPS) is 19.2. The molecule has 1 rings (SSSR count). The molecule has 0 spiro atoms. The molecule has 0 unspecified atom stereocenters. The van der Waals surface area contributed by atoms with E-state index in [0.29, 0.717) is 9.57 Å². The number of thiocarbonyl (C=S) groups is 1. The molecular formula is C8H15NOS2. The molecule has 0 bridgehead atoms. The van der Waals surface area contributed by atoms with E-state index in [1.807, 2.05) is 0 Å². The summed E-state index contributed by atoms with van der Waals surface area (Å²) >= 11 is 6.63. The minimum absolute atomic E-state index is 0.599. The highest BCUT2D eigenvalue weighted by Gasteiger charge is 2.16. The number of hydrogen-bond donors (Lipinski definition) is 1. The molecule has 0 saturated heterocycles. The van der Waals surface area contributed by atoms with Crippen molar-refractivity contribution in [2.45, 2.75) is 37.4 Å². The van der Waals surface area contributed by atoms with E-state index in [1.54, 1.807) is 18.8 Å². The van der Waals surface area contributed by atoms with E-state index in [2.05, 4.69) is 0 Å². The van der Waals surface area contributed by atoms with Crippen molar-refractivity contribution >= 4 is 28.3 Å². The Hall–Kier alpha value is 0.200. The van der Waals surface area contributed by atoms with Crippen LogP contribution in [0.25, 0.3) is 0 Å². The molecule has 0 aromatic carbocycles. The zero-order chi connectivity index (χ0) is 8.97. The molecule has 0 aromatic rings. The van der Waals surface area contributed by atoms with E-state index in [1.165, 1.54) is 32.1 Å². The van der Waals surface area contributed by atoms with E-state index in [9.17, 15) is 0 Å². The lowest BCUT2D eigenvalue weighted by Crippen LogP contribution is -2.21. The highest BCUT2D eigenvalue weighted by atomic mass is 32.2. The van der Waals surface area contributed by atoms with Gasteiger partial charge in [-0.3, -0.25) is 5.21 Å². The molecule has 0 aromatic heterocycles. The monoisotopic (exact) mass is 205 g/mol. The van der Waals surface area contributed by atoms with E-state index in [-0.39, 0.29) is 0 Å². The third-order valence-electron chi connectivity index (χ3n) is 2.08. The Morgan fingerprint density at radius 1 is 1.42 bits per heavy atom. The lowest BCUT2D eigenvalue weighted by atomic mass is 10.0. The van der Waals surface area contributed by atoms with Crippen LogP contribution in [0.5, 0.6) is 0 Å². The molecule has 1 fully saturated rings. The van der Waals surface area contributed by atoms with Gasteiger partial charge in [-0.25, -0.2) is 5.06 Å². The number of nitrogens with zero attached hydrogens (tertiary/aromatic N) is 1. The van der Waals surface area contributed by atoms with Crippen LogP contribution in [0, 0.1) is 0 Å². The van der Waals surface area contributed by atoms with Gasteiger partial charge >= 0.3 is 0 Å². The van der Waals surface area contributed by atoms with E-state index < -0.39 is 0 Å². The average Bonchev–Trinajstić information content (AvgIpc) is 2.06. The van der Waals surface area contributed by atoms with E-state index >= 15 is 0 Å². The summed E-state index contributed by atoms with van der Waals surface area (Å²) in [7, 11) is 1.58. The minimum atomic E-state index is 0.599. The lowest BCUT2D eigenvalue weighted by molar-refractivity contribution is 0.0204. The highest BCUT2D eigenvalue weighted by molar-refractivity contribution is 8.23. The molecule has 1 N–H and O–H groups in total. The Balaban J connectivity index is 2.24. The largest absolute Gasteiger partial charge is 0.287 e. The Bertz CT molecular complexity index is 155. The van der Waals surface area contributed by atoms with Gasteiger partial charge in [-0.2, -0.15) is 0 Å². The molecule has 70 valence electrons. The highest BCUT2D eigenvalue weighted by Crippen LogP contribution is 2.29. The second-order valence-electron chi connectivity index (χ2n) is 3.17. The van der Waals surface area contributed by atoms with Crippen LogP contribution in [-0.2, 0) is 0 Å². The van der Waals surface area contributed by atoms with Gasteiger partial charge in [0, 0.05) is 12.3 Å². The Morgan fingerprint density at radius 3 is 2.50 bits per heavy atom. The van der Waals surface area contributed by atoms with Crippen LogP contribution in [0.2, 0.25) is 0 Å². The van der Waals surface area contributed by atoms with Crippen LogP contribution in [-0.4, -0.2) is 26.9 Å². The molecule has 0 aliphatic heterocycles. The van der Waals surface area contributed by atoms with Crippen LogP contribution in [0.4, 0.5) is 0 Å². The van der Waals surface area contributed by atoms with Crippen LogP contribution in [0.1, 0.15) is 32.1 Å². The molecule has 4 heteroatoms. The summed E-state index contributed by atoms with van der Waals surface area (Å²) in [5, 5.41) is 10.7. The quantitative estimate of drug-likeness (QED) is 0.525. The maximum atomic E-state index is 9.02. The van der Waals surface area contributed by atoms with Crippen molar-refractivity contribution in [3.05, 3.63) is 0 Å². The van der Waals surface area contributed by atoms with Gasteiger partial charge in [-0.15, -0.1) is 0 Å². The second kappa shape index (κ2) is 5.04. The Morgan fingerprint density at radius 2 is 2.00 bits per heavy atom. The van der Waals surface area contributed by atoms with Crippen molar-refractivity contribution in [1.29, 1.82) is 0 Å². The maximum absolute atomic E-state index is 9.02. The first kappa shape index (κ1) is 10.3. The maximum Gasteiger partial charge on any atom is 0.159 e. The van der Waals surface area contributed by atoms with Gasteiger partial charge in [0.1, 0.15) is 0 Å². The van der Waals surface area contributed by atoms with Crippen molar-refractivity contribution in [2.75, 3.05) is 7.05 Å². The molecule has 1 aliphatic rings. The van der Waals surface area contributed by atoms with E-state index in [0.717, 1.165) is 5.06 Å². The average molecular weight is 205 g/mol. The first-order valence-corrected chi connectivity index (χ1v) is 5.62. The van der Waals surface area contributed by atoms with Gasteiger partial charge < -0.3 is 0 Å². The van der Waals surface area contributed by atoms with Crippen molar-refractivity contribution in [3.8, 4) is 0 Å². The summed E-state index contributed by atoms with van der Waals surface area (Å²) in [6.07, 6.45) is 6.49. The van der Waals surface area contributed by atoms with Gasteiger partial charge in [0.05, 0.1) is 0 Å². The number of hydrogen-bond acceptors (Lipinski definition) is 3. The Labute approximate surface area is 83.3 Å². The molecule has 0 amide bonds. The molecule has 1 saturated carbocycles. The summed E-state index contributed by atoms with van der Waals surface area (Å²) in [6.45, 7) is 0. The van der Waals surface area contributed by atoms with Crippen LogP contribution in [0.3, 0.4) is 0 Å².